The van der Waals surface area contributed by atoms with Crippen LogP contribution in [0.5, 0.6) is 0 Å². The Kier molecular flexibility index (Phi) is 3.76. The summed E-state index contributed by atoms with van der Waals surface area (Å²) >= 11 is 0. The summed E-state index contributed by atoms with van der Waals surface area (Å²) in [7, 11) is -1.19. The zero-order valence-electron chi connectivity index (χ0n) is 7.89. The fraction of sp³-hybridized carbons (Fsp3) is 0.556. The van der Waals surface area contributed by atoms with Crippen LogP contribution in [0.3, 0.4) is 0 Å². The lowest BCUT2D eigenvalue weighted by Crippen LogP contribution is -2.23. The molecule has 1 atom stereocenters. The predicted octanol–water partition coefficient (Wildman–Crippen LogP) is 2.36. The second-order valence-electron chi connectivity index (χ2n) is 3.83. The van der Waals surface area contributed by atoms with Crippen LogP contribution in [0.15, 0.2) is 23.9 Å². The van der Waals surface area contributed by atoms with E-state index in [-0.39, 0.29) is 0 Å². The summed E-state index contributed by atoms with van der Waals surface area (Å²) in [5.41, 5.74) is 0. The van der Waals surface area contributed by atoms with E-state index in [1.807, 2.05) is 6.08 Å². The summed E-state index contributed by atoms with van der Waals surface area (Å²) in [5.74, 6) is 0. The van der Waals surface area contributed by atoms with Gasteiger partial charge in [0.15, 0.2) is 0 Å². The number of hydrogen-bond acceptors (Lipinski definition) is 1. The molecule has 0 heterocycles. The van der Waals surface area contributed by atoms with Crippen LogP contribution < -0.4 is 0 Å². The first kappa shape index (κ1) is 10.7. The first-order valence-corrected chi connectivity index (χ1v) is 7.37. The summed E-state index contributed by atoms with van der Waals surface area (Å²) < 4.78 is 0. The summed E-state index contributed by atoms with van der Waals surface area (Å²) in [6.07, 6.45) is 2.96. The smallest absolute Gasteiger partial charge is 0.0898 e. The average molecular weight is 170 g/mol. The van der Waals surface area contributed by atoms with Crippen LogP contribution in [-0.4, -0.2) is 19.3 Å². The molecular weight excluding hydrogens is 152 g/mol. The number of hydrogen-bond donors (Lipinski definition) is 1. The Labute approximate surface area is 70.5 Å². The molecule has 0 bridgehead atoms. The lowest BCUT2D eigenvalue weighted by atomic mass is 10.3. The fourth-order valence-electron chi connectivity index (χ4n) is 0.574. The van der Waals surface area contributed by atoms with Gasteiger partial charge in [-0.2, -0.15) is 0 Å². The fourth-order valence-corrected chi connectivity index (χ4v) is 1.24. The molecule has 0 aliphatic rings. The molecule has 64 valence electrons. The maximum absolute atomic E-state index is 9.22. The third-order valence-electron chi connectivity index (χ3n) is 1.85. The number of aliphatic hydroxyl groups excluding tert-OH is 1. The van der Waals surface area contributed by atoms with Crippen LogP contribution >= 0.6 is 0 Å². The molecule has 0 amide bonds. The van der Waals surface area contributed by atoms with E-state index in [0.29, 0.717) is 0 Å². The van der Waals surface area contributed by atoms with Crippen molar-refractivity contribution in [3.63, 3.8) is 0 Å². The van der Waals surface area contributed by atoms with Gasteiger partial charge in [-0.25, -0.2) is 0 Å². The van der Waals surface area contributed by atoms with Gasteiger partial charge in [-0.15, -0.1) is 6.58 Å². The topological polar surface area (TPSA) is 20.2 Å². The van der Waals surface area contributed by atoms with Crippen molar-refractivity contribution < 1.29 is 5.11 Å². The Morgan fingerprint density at radius 1 is 1.45 bits per heavy atom. The van der Waals surface area contributed by atoms with Crippen LogP contribution in [0.1, 0.15) is 6.92 Å². The molecule has 1 N–H and O–H groups in total. The number of aliphatic hydroxyl groups is 1. The predicted molar refractivity (Wildman–Crippen MR) is 53.3 cm³/mol. The molecule has 0 rings (SSSR count). The van der Waals surface area contributed by atoms with Gasteiger partial charge in [0.05, 0.1) is 14.2 Å². The highest BCUT2D eigenvalue weighted by Gasteiger charge is 2.15. The lowest BCUT2D eigenvalue weighted by Gasteiger charge is -2.17. The van der Waals surface area contributed by atoms with E-state index in [0.717, 1.165) is 0 Å². The molecule has 0 spiro atoms. The quantitative estimate of drug-likeness (QED) is 0.509. The Hall–Kier alpha value is -0.343. The van der Waals surface area contributed by atoms with E-state index in [2.05, 4.69) is 33.1 Å². The molecule has 0 radical (unpaired) electrons. The molecule has 0 saturated carbocycles. The second kappa shape index (κ2) is 3.88. The Bertz CT molecular complexity index is 165. The molecule has 0 aromatic rings. The van der Waals surface area contributed by atoms with Crippen LogP contribution in [0.4, 0.5) is 0 Å². The van der Waals surface area contributed by atoms with Gasteiger partial charge in [0.1, 0.15) is 0 Å². The van der Waals surface area contributed by atoms with E-state index < -0.39 is 14.2 Å². The molecule has 0 fully saturated rings. The first-order chi connectivity index (χ1) is 4.88. The maximum Gasteiger partial charge on any atom is 0.0898 e. The maximum atomic E-state index is 9.22. The molecule has 0 aliphatic carbocycles. The van der Waals surface area contributed by atoms with Gasteiger partial charge >= 0.3 is 0 Å². The molecule has 0 aliphatic heterocycles. The van der Waals surface area contributed by atoms with E-state index in [1.165, 1.54) is 5.20 Å². The van der Waals surface area contributed by atoms with Crippen molar-refractivity contribution in [3.8, 4) is 0 Å². The average Bonchev–Trinajstić information content (AvgIpc) is 1.85. The molecule has 1 nitrogen and oxygen atoms in total. The van der Waals surface area contributed by atoms with Gasteiger partial charge in [-0.1, -0.05) is 37.0 Å². The van der Waals surface area contributed by atoms with Gasteiger partial charge < -0.3 is 5.11 Å². The van der Waals surface area contributed by atoms with E-state index in [4.69, 9.17) is 0 Å². The molecule has 1 unspecified atom stereocenters. The van der Waals surface area contributed by atoms with Gasteiger partial charge in [0.2, 0.25) is 0 Å². The Balaban J connectivity index is 4.33. The Morgan fingerprint density at radius 3 is 2.18 bits per heavy atom. The van der Waals surface area contributed by atoms with Crippen molar-refractivity contribution in [2.24, 2.45) is 0 Å². The van der Waals surface area contributed by atoms with Crippen molar-refractivity contribution in [2.75, 3.05) is 0 Å². The summed E-state index contributed by atoms with van der Waals surface area (Å²) in [6, 6.07) is 0. The normalized spacial score (nSPS) is 16.3. The minimum Gasteiger partial charge on any atom is -0.385 e. The zero-order valence-corrected chi connectivity index (χ0v) is 8.89. The molecule has 0 aromatic carbocycles. The van der Waals surface area contributed by atoms with Gasteiger partial charge in [-0.3, -0.25) is 0 Å². The highest BCUT2D eigenvalue weighted by atomic mass is 28.3. The summed E-state index contributed by atoms with van der Waals surface area (Å²) in [6.45, 7) is 12.4. The van der Waals surface area contributed by atoms with E-state index in [1.54, 1.807) is 6.08 Å². The van der Waals surface area contributed by atoms with Crippen LogP contribution in [0.2, 0.25) is 19.6 Å². The van der Waals surface area contributed by atoms with E-state index >= 15 is 0 Å². The second-order valence-corrected chi connectivity index (χ2v) is 9.11. The van der Waals surface area contributed by atoms with Gasteiger partial charge in [-0.05, 0) is 6.92 Å². The first-order valence-electron chi connectivity index (χ1n) is 3.87. The minimum atomic E-state index is -1.19. The van der Waals surface area contributed by atoms with Crippen LogP contribution in [0, 0.1) is 0 Å². The standard InChI is InChI=1S/C9H18OSi/c1-6-9(10)7-8(2)11(3,4)5/h6-7,9-10H,1H2,2-5H3/b8-7-. The van der Waals surface area contributed by atoms with E-state index in [9.17, 15) is 5.11 Å². The van der Waals surface area contributed by atoms with Gasteiger partial charge in [0, 0.05) is 0 Å². The number of allylic oxidation sites excluding steroid dienone is 1. The third-order valence-corrected chi connectivity index (χ3v) is 4.38. The zero-order chi connectivity index (χ0) is 9.07. The van der Waals surface area contributed by atoms with Crippen molar-refractivity contribution in [1.29, 1.82) is 0 Å². The molecule has 0 aromatic heterocycles. The molecular formula is C9H18OSi. The monoisotopic (exact) mass is 170 g/mol. The summed E-state index contributed by atoms with van der Waals surface area (Å²) in [4.78, 5) is 0. The minimum absolute atomic E-state index is 0.471. The van der Waals surface area contributed by atoms with Crippen molar-refractivity contribution >= 4 is 8.07 Å². The molecule has 2 heteroatoms. The highest BCUT2D eigenvalue weighted by Crippen LogP contribution is 2.13. The largest absolute Gasteiger partial charge is 0.385 e. The van der Waals surface area contributed by atoms with Crippen LogP contribution in [0.25, 0.3) is 0 Å². The lowest BCUT2D eigenvalue weighted by molar-refractivity contribution is 0.271. The highest BCUT2D eigenvalue weighted by molar-refractivity contribution is 6.82. The third kappa shape index (κ3) is 4.17. The number of rotatable bonds is 3. The molecule has 11 heavy (non-hydrogen) atoms. The molecule has 0 saturated heterocycles. The van der Waals surface area contributed by atoms with Gasteiger partial charge in [0.25, 0.3) is 0 Å². The van der Waals surface area contributed by atoms with Crippen molar-refractivity contribution in [2.45, 2.75) is 32.7 Å². The summed E-state index contributed by atoms with van der Waals surface area (Å²) in [5, 5.41) is 10.5. The van der Waals surface area contributed by atoms with Crippen LogP contribution in [-0.2, 0) is 0 Å². The van der Waals surface area contributed by atoms with Crippen molar-refractivity contribution in [1.82, 2.24) is 0 Å². The van der Waals surface area contributed by atoms with Crippen molar-refractivity contribution in [3.05, 3.63) is 23.9 Å². The SMILES string of the molecule is C=CC(O)/C=C(/C)[Si](C)(C)C. The Morgan fingerprint density at radius 2 is 1.91 bits per heavy atom.